The number of benzene rings is 1. The maximum Gasteiger partial charge on any atom is 0.174 e. The number of nitrogens with zero attached hydrogens (tertiary/aromatic N) is 5. The van der Waals surface area contributed by atoms with Crippen LogP contribution in [0.3, 0.4) is 0 Å². The van der Waals surface area contributed by atoms with E-state index in [0.29, 0.717) is 10.1 Å². The van der Waals surface area contributed by atoms with Crippen molar-refractivity contribution in [3.05, 3.63) is 101 Å². The van der Waals surface area contributed by atoms with Gasteiger partial charge in [0.25, 0.3) is 0 Å². The van der Waals surface area contributed by atoms with Crippen LogP contribution in [0, 0.1) is 5.92 Å². The van der Waals surface area contributed by atoms with E-state index in [1.165, 1.54) is 12.8 Å². The first-order valence-electron chi connectivity index (χ1n) is 12.8. The quantitative estimate of drug-likeness (QED) is 0.264. The molecular formula is C29H28Cl2N6S. The molecule has 4 aromatic rings. The monoisotopic (exact) mass is 562 g/mol. The highest BCUT2D eigenvalue weighted by atomic mass is 35.5. The predicted molar refractivity (Wildman–Crippen MR) is 159 cm³/mol. The molecule has 2 aliphatic rings. The van der Waals surface area contributed by atoms with Crippen LogP contribution in [0.5, 0.6) is 0 Å². The van der Waals surface area contributed by atoms with E-state index in [1.807, 2.05) is 54.9 Å². The SMILES string of the molecule is CC1CCN(c2ccc(N3C(=S)NC(c4ccccn4)C3c3cccn3-c3ccc(Cl)cn3)cc2Cl)CC1. The number of pyridine rings is 2. The van der Waals surface area contributed by atoms with Crippen LogP contribution in [-0.4, -0.2) is 32.7 Å². The summed E-state index contributed by atoms with van der Waals surface area (Å²) in [6.45, 7) is 4.36. The molecule has 9 heteroatoms. The van der Waals surface area contributed by atoms with E-state index in [0.717, 1.165) is 52.6 Å². The van der Waals surface area contributed by atoms with Crippen molar-refractivity contribution in [2.75, 3.05) is 22.9 Å². The molecule has 38 heavy (non-hydrogen) atoms. The number of thiocarbonyl (C=S) groups is 1. The Bertz CT molecular complexity index is 1430. The van der Waals surface area contributed by atoms with Crippen LogP contribution in [0.2, 0.25) is 10.0 Å². The summed E-state index contributed by atoms with van der Waals surface area (Å²) < 4.78 is 2.07. The zero-order chi connectivity index (χ0) is 26.2. The topological polar surface area (TPSA) is 49.2 Å². The van der Waals surface area contributed by atoms with Crippen molar-refractivity contribution in [1.29, 1.82) is 0 Å². The molecular weight excluding hydrogens is 535 g/mol. The van der Waals surface area contributed by atoms with E-state index >= 15 is 0 Å². The van der Waals surface area contributed by atoms with Crippen LogP contribution in [0.1, 0.15) is 43.2 Å². The number of halogens is 2. The Morgan fingerprint density at radius 2 is 1.82 bits per heavy atom. The summed E-state index contributed by atoms with van der Waals surface area (Å²) in [7, 11) is 0. The number of rotatable bonds is 5. The van der Waals surface area contributed by atoms with E-state index in [-0.39, 0.29) is 12.1 Å². The smallest absolute Gasteiger partial charge is 0.174 e. The average Bonchev–Trinajstić information content (AvgIpc) is 3.54. The number of hydrogen-bond donors (Lipinski definition) is 1. The third-order valence-electron chi connectivity index (χ3n) is 7.47. The van der Waals surface area contributed by atoms with Crippen LogP contribution in [0.25, 0.3) is 5.82 Å². The fraction of sp³-hybridized carbons (Fsp3) is 0.276. The van der Waals surface area contributed by atoms with Crippen molar-refractivity contribution in [3.63, 3.8) is 0 Å². The Morgan fingerprint density at radius 1 is 0.974 bits per heavy atom. The molecule has 0 spiro atoms. The Morgan fingerprint density at radius 3 is 2.53 bits per heavy atom. The Labute approximate surface area is 238 Å². The van der Waals surface area contributed by atoms with Crippen LogP contribution in [-0.2, 0) is 0 Å². The Kier molecular flexibility index (Phi) is 6.99. The molecule has 2 saturated heterocycles. The van der Waals surface area contributed by atoms with Crippen LogP contribution < -0.4 is 15.1 Å². The molecule has 6 nitrogen and oxygen atoms in total. The van der Waals surface area contributed by atoms with Crippen molar-refractivity contribution in [3.8, 4) is 5.82 Å². The molecule has 0 amide bonds. The summed E-state index contributed by atoms with van der Waals surface area (Å²) in [5, 5.41) is 5.48. The van der Waals surface area contributed by atoms with Gasteiger partial charge in [-0.05, 0) is 85.6 Å². The van der Waals surface area contributed by atoms with Gasteiger partial charge in [0.2, 0.25) is 0 Å². The summed E-state index contributed by atoms with van der Waals surface area (Å²) in [5.74, 6) is 1.53. The highest BCUT2D eigenvalue weighted by molar-refractivity contribution is 7.80. The van der Waals surface area contributed by atoms with Gasteiger partial charge in [-0.2, -0.15) is 0 Å². The molecule has 6 rings (SSSR count). The third-order valence-corrected chi connectivity index (χ3v) is 8.31. The summed E-state index contributed by atoms with van der Waals surface area (Å²) in [6.07, 6.45) is 7.84. The molecule has 0 saturated carbocycles. The molecule has 0 aliphatic carbocycles. The lowest BCUT2D eigenvalue weighted by Gasteiger charge is -2.33. The van der Waals surface area contributed by atoms with E-state index in [4.69, 9.17) is 35.4 Å². The standard InChI is InChI=1S/C29H28Cl2N6S/c1-19-11-15-35(16-12-19)24-9-8-21(17-22(24)31)37-28(27(34-29(37)38)23-5-2-3-13-32-23)25-6-4-14-36(25)26-10-7-20(30)18-33-26/h2-10,13-14,17-19,27-28H,11-12,15-16H2,1H3,(H,34,38). The lowest BCUT2D eigenvalue weighted by molar-refractivity contribution is 0.438. The average molecular weight is 564 g/mol. The maximum atomic E-state index is 6.92. The largest absolute Gasteiger partial charge is 0.370 e. The van der Waals surface area contributed by atoms with Gasteiger partial charge >= 0.3 is 0 Å². The fourth-order valence-corrected chi connectivity index (χ4v) is 6.19. The fourth-order valence-electron chi connectivity index (χ4n) is 5.44. The molecule has 5 heterocycles. The number of hydrogen-bond acceptors (Lipinski definition) is 4. The zero-order valence-corrected chi connectivity index (χ0v) is 23.3. The summed E-state index contributed by atoms with van der Waals surface area (Å²) in [6, 6.07) is 19.7. The first-order valence-corrected chi connectivity index (χ1v) is 14.0. The van der Waals surface area contributed by atoms with Crippen molar-refractivity contribution < 1.29 is 0 Å². The van der Waals surface area contributed by atoms with E-state index in [9.17, 15) is 0 Å². The molecule has 1 aromatic carbocycles. The lowest BCUT2D eigenvalue weighted by Crippen LogP contribution is -2.33. The lowest BCUT2D eigenvalue weighted by atomic mass is 9.98. The normalized spacial score (nSPS) is 20.1. The number of nitrogens with one attached hydrogen (secondary N) is 1. The van der Waals surface area contributed by atoms with Gasteiger partial charge in [-0.15, -0.1) is 0 Å². The van der Waals surface area contributed by atoms with Gasteiger partial charge in [-0.3, -0.25) is 4.98 Å². The molecule has 3 aromatic heterocycles. The minimum absolute atomic E-state index is 0.174. The molecule has 2 aliphatic heterocycles. The number of piperidine rings is 1. The van der Waals surface area contributed by atoms with Gasteiger partial charge in [0.15, 0.2) is 5.11 Å². The van der Waals surface area contributed by atoms with Crippen molar-refractivity contribution in [2.24, 2.45) is 5.92 Å². The Hall–Kier alpha value is -3.13. The number of aromatic nitrogens is 3. The second-order valence-electron chi connectivity index (χ2n) is 9.94. The first-order chi connectivity index (χ1) is 18.5. The first kappa shape index (κ1) is 25.2. The van der Waals surface area contributed by atoms with Gasteiger partial charge in [-0.25, -0.2) is 4.98 Å². The van der Waals surface area contributed by atoms with Gasteiger partial charge in [0.05, 0.1) is 27.5 Å². The van der Waals surface area contributed by atoms with Gasteiger partial charge in [0, 0.05) is 43.1 Å². The van der Waals surface area contributed by atoms with Gasteiger partial charge in [-0.1, -0.05) is 36.2 Å². The molecule has 0 radical (unpaired) electrons. The second-order valence-corrected chi connectivity index (χ2v) is 11.2. The van der Waals surface area contributed by atoms with Gasteiger partial charge < -0.3 is 19.7 Å². The summed E-state index contributed by atoms with van der Waals surface area (Å²) in [4.78, 5) is 13.8. The minimum Gasteiger partial charge on any atom is -0.370 e. The van der Waals surface area contributed by atoms with E-state index in [2.05, 4.69) is 54.8 Å². The minimum atomic E-state index is -0.192. The highest BCUT2D eigenvalue weighted by Crippen LogP contribution is 2.44. The third kappa shape index (κ3) is 4.75. The van der Waals surface area contributed by atoms with E-state index in [1.54, 1.807) is 6.20 Å². The van der Waals surface area contributed by atoms with Crippen molar-refractivity contribution >= 4 is 51.9 Å². The van der Waals surface area contributed by atoms with Gasteiger partial charge in [0.1, 0.15) is 11.9 Å². The van der Waals surface area contributed by atoms with Crippen LogP contribution in [0.4, 0.5) is 11.4 Å². The Balaban J connectivity index is 1.42. The summed E-state index contributed by atoms with van der Waals surface area (Å²) >= 11 is 19.0. The molecule has 2 atom stereocenters. The summed E-state index contributed by atoms with van der Waals surface area (Å²) in [5.41, 5.74) is 3.94. The van der Waals surface area contributed by atoms with Crippen LogP contribution in [0.15, 0.2) is 79.3 Å². The van der Waals surface area contributed by atoms with Crippen LogP contribution >= 0.6 is 35.4 Å². The maximum absolute atomic E-state index is 6.92. The number of anilines is 2. The highest BCUT2D eigenvalue weighted by Gasteiger charge is 2.42. The molecule has 194 valence electrons. The molecule has 2 unspecified atom stereocenters. The van der Waals surface area contributed by atoms with Crippen molar-refractivity contribution in [2.45, 2.75) is 31.8 Å². The second kappa shape index (κ2) is 10.6. The molecule has 0 bridgehead atoms. The molecule has 2 fully saturated rings. The zero-order valence-electron chi connectivity index (χ0n) is 21.0. The van der Waals surface area contributed by atoms with Crippen molar-refractivity contribution in [1.82, 2.24) is 19.9 Å². The molecule has 1 N–H and O–H groups in total. The van der Waals surface area contributed by atoms with E-state index < -0.39 is 0 Å². The predicted octanol–water partition coefficient (Wildman–Crippen LogP) is 6.99.